The molecule has 2 aromatic heterocycles. The van der Waals surface area contributed by atoms with Crippen LogP contribution in [0, 0.1) is 0 Å². The van der Waals surface area contributed by atoms with E-state index >= 15 is 0 Å². The van der Waals surface area contributed by atoms with Gasteiger partial charge in [-0.2, -0.15) is 0 Å². The number of ether oxygens (including phenoxy) is 3. The number of carbonyl (C=O) groups is 1. The maximum absolute atomic E-state index is 13.6. The summed E-state index contributed by atoms with van der Waals surface area (Å²) in [5.41, 5.74) is 3.58. The van der Waals surface area contributed by atoms with Crippen LogP contribution >= 0.6 is 0 Å². The Hall–Kier alpha value is -3.59. The number of hydrogen-bond acceptors (Lipinski definition) is 8. The summed E-state index contributed by atoms with van der Waals surface area (Å²) in [4.78, 5) is 31.1. The zero-order valence-electron chi connectivity index (χ0n) is 20.7. The molecule has 3 aliphatic heterocycles. The molecule has 0 amide bonds. The molecule has 2 N–H and O–H groups in total. The second-order valence-electron chi connectivity index (χ2n) is 9.53. The lowest BCUT2D eigenvalue weighted by Gasteiger charge is -2.31. The van der Waals surface area contributed by atoms with Gasteiger partial charge in [0.25, 0.3) is 5.56 Å². The number of anilines is 1. The topological polar surface area (TPSA) is 112 Å². The van der Waals surface area contributed by atoms with E-state index in [0.717, 1.165) is 47.0 Å². The molecule has 9 nitrogen and oxygen atoms in total. The van der Waals surface area contributed by atoms with Gasteiger partial charge in [-0.1, -0.05) is 20.3 Å². The fraction of sp³-hybridized carbons (Fsp3) is 0.444. The summed E-state index contributed by atoms with van der Waals surface area (Å²) in [6.45, 7) is 6.98. The number of esters is 1. The Labute approximate surface area is 208 Å². The van der Waals surface area contributed by atoms with Gasteiger partial charge in [0, 0.05) is 29.1 Å². The summed E-state index contributed by atoms with van der Waals surface area (Å²) in [5.74, 6) is 0.602. The van der Waals surface area contributed by atoms with E-state index in [1.54, 1.807) is 17.6 Å². The number of nitrogens with one attached hydrogen (secondary N) is 1. The lowest BCUT2D eigenvalue weighted by molar-refractivity contribution is -0.172. The number of fused-ring (bicyclic) bond motifs is 6. The molecule has 3 aliphatic rings. The average molecular weight is 492 g/mol. The molecule has 0 saturated heterocycles. The van der Waals surface area contributed by atoms with Crippen molar-refractivity contribution in [1.82, 2.24) is 9.55 Å². The monoisotopic (exact) mass is 491 g/mol. The van der Waals surface area contributed by atoms with Crippen LogP contribution in [0.4, 0.5) is 5.69 Å². The van der Waals surface area contributed by atoms with Gasteiger partial charge in [-0.05, 0) is 37.8 Å². The first kappa shape index (κ1) is 22.8. The van der Waals surface area contributed by atoms with Crippen LogP contribution in [0.1, 0.15) is 62.3 Å². The molecule has 0 aliphatic carbocycles. The molecule has 0 saturated carbocycles. The molecule has 9 heteroatoms. The summed E-state index contributed by atoms with van der Waals surface area (Å²) in [5, 5.41) is 15.6. The van der Waals surface area contributed by atoms with Crippen LogP contribution in [-0.4, -0.2) is 34.0 Å². The van der Waals surface area contributed by atoms with Gasteiger partial charge >= 0.3 is 5.97 Å². The van der Waals surface area contributed by atoms with E-state index in [1.807, 2.05) is 13.0 Å². The fourth-order valence-corrected chi connectivity index (χ4v) is 5.67. The summed E-state index contributed by atoms with van der Waals surface area (Å²) < 4.78 is 18.4. The van der Waals surface area contributed by atoms with Crippen LogP contribution in [0.25, 0.3) is 22.3 Å². The van der Waals surface area contributed by atoms with E-state index in [9.17, 15) is 14.7 Å². The molecule has 0 radical (unpaired) electrons. The Kier molecular flexibility index (Phi) is 5.22. The Morgan fingerprint density at radius 3 is 2.72 bits per heavy atom. The summed E-state index contributed by atoms with van der Waals surface area (Å²) >= 11 is 0. The number of hydrogen-bond donors (Lipinski definition) is 2. The summed E-state index contributed by atoms with van der Waals surface area (Å²) in [6.07, 6.45) is 2.92. The van der Waals surface area contributed by atoms with Gasteiger partial charge in [-0.15, -0.1) is 0 Å². The quantitative estimate of drug-likeness (QED) is 0.394. The Morgan fingerprint density at radius 2 is 1.97 bits per heavy atom. The van der Waals surface area contributed by atoms with Crippen LogP contribution in [-0.2, 0) is 34.7 Å². The lowest BCUT2D eigenvalue weighted by Crippen LogP contribution is -2.44. The molecule has 5 heterocycles. The number of aryl methyl sites for hydroxylation is 1. The van der Waals surface area contributed by atoms with Crippen molar-refractivity contribution in [3.8, 4) is 22.9 Å². The van der Waals surface area contributed by atoms with Crippen molar-refractivity contribution in [2.45, 2.75) is 65.2 Å². The number of cyclic esters (lactones) is 1. The number of nitrogens with zero attached hydrogens (tertiary/aromatic N) is 2. The van der Waals surface area contributed by atoms with Gasteiger partial charge in [-0.25, -0.2) is 9.78 Å². The molecule has 0 bridgehead atoms. The van der Waals surface area contributed by atoms with Gasteiger partial charge in [0.1, 0.15) is 6.61 Å². The Balaban J connectivity index is 1.66. The highest BCUT2D eigenvalue weighted by molar-refractivity contribution is 6.02. The number of aromatic nitrogens is 2. The Bertz CT molecular complexity index is 1490. The van der Waals surface area contributed by atoms with Gasteiger partial charge < -0.3 is 29.2 Å². The first-order valence-corrected chi connectivity index (χ1v) is 12.6. The largest absolute Gasteiger partial charge is 0.458 e. The molecule has 188 valence electrons. The molecule has 0 spiro atoms. The number of rotatable bonds is 6. The first-order valence-electron chi connectivity index (χ1n) is 12.6. The van der Waals surface area contributed by atoms with E-state index in [0.29, 0.717) is 47.1 Å². The molecule has 6 rings (SSSR count). The molecule has 1 atom stereocenters. The van der Waals surface area contributed by atoms with Crippen LogP contribution in [0.5, 0.6) is 11.5 Å². The van der Waals surface area contributed by atoms with Crippen molar-refractivity contribution < 1.29 is 24.1 Å². The standard InChI is InChI=1S/C27H29N3O6/c1-4-7-8-14-15-11-30-19(9-17-16(25(30)31)12-34-26(32)27(17,33)5-2)22(15)29-18-10-20-24(36-13-35-20)23(21(14)18)28-6-3/h9-10,28,33H,4-8,11-13H2,1-3H3/t27-/m0/s1. The minimum absolute atomic E-state index is 0.108. The normalized spacial score (nSPS) is 19.2. The van der Waals surface area contributed by atoms with Crippen LogP contribution in [0.2, 0.25) is 0 Å². The van der Waals surface area contributed by atoms with Gasteiger partial charge in [-0.3, -0.25) is 4.79 Å². The van der Waals surface area contributed by atoms with Crippen molar-refractivity contribution in [2.75, 3.05) is 18.7 Å². The van der Waals surface area contributed by atoms with Crippen molar-refractivity contribution in [3.63, 3.8) is 0 Å². The molecule has 0 unspecified atom stereocenters. The van der Waals surface area contributed by atoms with Crippen LogP contribution in [0.3, 0.4) is 0 Å². The number of benzene rings is 1. The highest BCUT2D eigenvalue weighted by Gasteiger charge is 2.45. The van der Waals surface area contributed by atoms with E-state index in [2.05, 4.69) is 12.2 Å². The minimum Gasteiger partial charge on any atom is -0.458 e. The van der Waals surface area contributed by atoms with Crippen LogP contribution in [0.15, 0.2) is 16.9 Å². The zero-order chi connectivity index (χ0) is 25.2. The molecule has 3 aromatic rings. The van der Waals surface area contributed by atoms with Crippen molar-refractivity contribution in [1.29, 1.82) is 0 Å². The predicted molar refractivity (Wildman–Crippen MR) is 133 cm³/mol. The highest BCUT2D eigenvalue weighted by atomic mass is 16.7. The molecule has 1 aromatic carbocycles. The zero-order valence-corrected chi connectivity index (χ0v) is 20.7. The summed E-state index contributed by atoms with van der Waals surface area (Å²) in [7, 11) is 0. The van der Waals surface area contributed by atoms with E-state index in [1.165, 1.54) is 0 Å². The molecular formula is C27H29N3O6. The van der Waals surface area contributed by atoms with E-state index in [4.69, 9.17) is 19.2 Å². The smallest absolute Gasteiger partial charge is 0.343 e. The third kappa shape index (κ3) is 3.01. The SMILES string of the molecule is CCCCc1c2c(nc3cc4c(c(NCC)c13)OCO4)-c1cc3c(c(=O)n1C2)COC(=O)[C@]3(O)CC. The second-order valence-corrected chi connectivity index (χ2v) is 9.53. The third-order valence-corrected chi connectivity index (χ3v) is 7.56. The molecular weight excluding hydrogens is 462 g/mol. The number of aliphatic hydroxyl groups is 1. The van der Waals surface area contributed by atoms with E-state index < -0.39 is 11.6 Å². The third-order valence-electron chi connectivity index (χ3n) is 7.56. The summed E-state index contributed by atoms with van der Waals surface area (Å²) in [6, 6.07) is 3.65. The number of carbonyl (C=O) groups excluding carboxylic acids is 1. The van der Waals surface area contributed by atoms with Crippen molar-refractivity contribution in [3.05, 3.63) is 44.7 Å². The average Bonchev–Trinajstić information content (AvgIpc) is 3.49. The number of unbranched alkanes of at least 4 members (excludes halogenated alkanes) is 1. The van der Waals surface area contributed by atoms with Gasteiger partial charge in [0.05, 0.1) is 34.7 Å². The van der Waals surface area contributed by atoms with E-state index in [-0.39, 0.29) is 25.4 Å². The first-order chi connectivity index (χ1) is 17.4. The van der Waals surface area contributed by atoms with Crippen LogP contribution < -0.4 is 20.3 Å². The van der Waals surface area contributed by atoms with Crippen molar-refractivity contribution >= 4 is 22.6 Å². The van der Waals surface area contributed by atoms with Crippen molar-refractivity contribution in [2.24, 2.45) is 0 Å². The predicted octanol–water partition coefficient (Wildman–Crippen LogP) is 3.58. The number of pyridine rings is 2. The second kappa shape index (κ2) is 8.23. The molecule has 0 fully saturated rings. The lowest BCUT2D eigenvalue weighted by atomic mass is 9.86. The fourth-order valence-electron chi connectivity index (χ4n) is 5.67. The van der Waals surface area contributed by atoms with Gasteiger partial charge in [0.15, 0.2) is 17.1 Å². The van der Waals surface area contributed by atoms with Gasteiger partial charge in [0.2, 0.25) is 6.79 Å². The minimum atomic E-state index is -1.85. The molecule has 36 heavy (non-hydrogen) atoms. The maximum atomic E-state index is 13.6. The highest BCUT2D eigenvalue weighted by Crippen LogP contribution is 2.48. The maximum Gasteiger partial charge on any atom is 0.343 e. The Morgan fingerprint density at radius 1 is 1.14 bits per heavy atom.